The van der Waals surface area contributed by atoms with E-state index in [0.717, 1.165) is 25.9 Å². The molecule has 1 aromatic rings. The number of pyridine rings is 1. The Hall–Kier alpha value is -1.82. The number of aromatic amines is 1. The molecule has 0 unspecified atom stereocenters. The molecule has 1 aromatic heterocycles. The number of rotatable bonds is 3. The molecular weight excluding hydrogens is 246 g/mol. The second kappa shape index (κ2) is 5.88. The second-order valence-corrected chi connectivity index (χ2v) is 5.00. The monoisotopic (exact) mass is 265 g/mol. The van der Waals surface area contributed by atoms with E-state index in [1.807, 2.05) is 0 Å². The first-order chi connectivity index (χ1) is 9.06. The lowest BCUT2D eigenvalue weighted by molar-refractivity contribution is 0.0762. The van der Waals surface area contributed by atoms with Gasteiger partial charge in [0.15, 0.2) is 5.88 Å². The topological polar surface area (TPSA) is 85.4 Å². The normalized spacial score (nSPS) is 16.3. The number of nitrogens with one attached hydrogen (secondary N) is 2. The van der Waals surface area contributed by atoms with E-state index < -0.39 is 5.56 Å². The van der Waals surface area contributed by atoms with Gasteiger partial charge in [0.05, 0.1) is 5.56 Å². The summed E-state index contributed by atoms with van der Waals surface area (Å²) in [4.78, 5) is 27.2. The van der Waals surface area contributed by atoms with Crippen LogP contribution < -0.4 is 10.9 Å². The summed E-state index contributed by atoms with van der Waals surface area (Å²) in [5, 5.41) is 12.6. The summed E-state index contributed by atoms with van der Waals surface area (Å²) in [7, 11) is 1.72. The Bertz CT molecular complexity index is 506. The van der Waals surface area contributed by atoms with Crippen LogP contribution >= 0.6 is 0 Å². The maximum absolute atomic E-state index is 12.2. The molecule has 2 rings (SSSR count). The number of carbonyl (C=O) groups excluding carboxylic acids is 1. The van der Waals surface area contributed by atoms with Crippen molar-refractivity contribution in [3.05, 3.63) is 28.0 Å². The minimum absolute atomic E-state index is 0.220. The number of piperidine rings is 1. The van der Waals surface area contributed by atoms with Gasteiger partial charge in [0.25, 0.3) is 11.5 Å². The predicted molar refractivity (Wildman–Crippen MR) is 71.3 cm³/mol. The molecule has 2 heterocycles. The van der Waals surface area contributed by atoms with Crippen LogP contribution in [0.1, 0.15) is 23.2 Å². The van der Waals surface area contributed by atoms with Crippen molar-refractivity contribution in [2.24, 2.45) is 5.92 Å². The SMILES string of the molecule is CN(CC1CCNCC1)C(=O)c1cc(O)[nH]c(=O)c1. The number of aromatic nitrogens is 1. The molecule has 104 valence electrons. The van der Waals surface area contributed by atoms with Crippen LogP contribution in [-0.2, 0) is 0 Å². The third-order valence-electron chi connectivity index (χ3n) is 3.41. The number of aromatic hydroxyl groups is 1. The van der Waals surface area contributed by atoms with Gasteiger partial charge in [-0.2, -0.15) is 0 Å². The Morgan fingerprint density at radius 2 is 2.11 bits per heavy atom. The van der Waals surface area contributed by atoms with Crippen LogP contribution in [-0.4, -0.2) is 47.6 Å². The summed E-state index contributed by atoms with van der Waals surface area (Å²) in [5.41, 5.74) is -0.253. The Labute approximate surface area is 111 Å². The summed E-state index contributed by atoms with van der Waals surface area (Å²) < 4.78 is 0. The van der Waals surface area contributed by atoms with Gasteiger partial charge in [-0.05, 0) is 31.8 Å². The molecule has 6 heteroatoms. The highest BCUT2D eigenvalue weighted by molar-refractivity contribution is 5.94. The van der Waals surface area contributed by atoms with Gasteiger partial charge in [-0.1, -0.05) is 0 Å². The zero-order chi connectivity index (χ0) is 13.8. The minimum Gasteiger partial charge on any atom is -0.494 e. The average Bonchev–Trinajstić information content (AvgIpc) is 2.37. The first-order valence-corrected chi connectivity index (χ1v) is 6.46. The van der Waals surface area contributed by atoms with Crippen molar-refractivity contribution in [3.63, 3.8) is 0 Å². The molecule has 0 aromatic carbocycles. The van der Waals surface area contributed by atoms with Crippen molar-refractivity contribution < 1.29 is 9.90 Å². The second-order valence-electron chi connectivity index (χ2n) is 5.00. The third-order valence-corrected chi connectivity index (χ3v) is 3.41. The van der Waals surface area contributed by atoms with Gasteiger partial charge in [0.2, 0.25) is 0 Å². The summed E-state index contributed by atoms with van der Waals surface area (Å²) >= 11 is 0. The van der Waals surface area contributed by atoms with Gasteiger partial charge >= 0.3 is 0 Å². The fourth-order valence-corrected chi connectivity index (χ4v) is 2.41. The Kier molecular flexibility index (Phi) is 4.21. The average molecular weight is 265 g/mol. The summed E-state index contributed by atoms with van der Waals surface area (Å²) in [6.45, 7) is 2.64. The maximum atomic E-state index is 12.2. The summed E-state index contributed by atoms with van der Waals surface area (Å²) in [5.74, 6) is -0.0307. The highest BCUT2D eigenvalue weighted by Gasteiger charge is 2.19. The molecule has 6 nitrogen and oxygen atoms in total. The zero-order valence-corrected chi connectivity index (χ0v) is 11.0. The van der Waals surface area contributed by atoms with E-state index in [4.69, 9.17) is 0 Å². The highest BCUT2D eigenvalue weighted by Crippen LogP contribution is 2.14. The van der Waals surface area contributed by atoms with Crippen molar-refractivity contribution in [2.45, 2.75) is 12.8 Å². The smallest absolute Gasteiger partial charge is 0.254 e. The van der Waals surface area contributed by atoms with Gasteiger partial charge < -0.3 is 15.3 Å². The number of hydrogen-bond donors (Lipinski definition) is 3. The van der Waals surface area contributed by atoms with Crippen LogP contribution in [0.5, 0.6) is 5.88 Å². The number of carbonyl (C=O) groups is 1. The van der Waals surface area contributed by atoms with E-state index in [9.17, 15) is 14.7 Å². The third kappa shape index (κ3) is 3.57. The molecule has 0 spiro atoms. The molecule has 19 heavy (non-hydrogen) atoms. The van der Waals surface area contributed by atoms with E-state index in [0.29, 0.717) is 12.5 Å². The maximum Gasteiger partial charge on any atom is 0.254 e. The van der Waals surface area contributed by atoms with Crippen molar-refractivity contribution in [3.8, 4) is 5.88 Å². The van der Waals surface area contributed by atoms with Gasteiger partial charge in [0.1, 0.15) is 0 Å². The van der Waals surface area contributed by atoms with Crippen LogP contribution in [0.4, 0.5) is 0 Å². The molecular formula is C13H19N3O3. The number of nitrogens with zero attached hydrogens (tertiary/aromatic N) is 1. The Morgan fingerprint density at radius 3 is 2.74 bits per heavy atom. The molecule has 0 atom stereocenters. The van der Waals surface area contributed by atoms with Crippen molar-refractivity contribution >= 4 is 5.91 Å². The van der Waals surface area contributed by atoms with E-state index in [-0.39, 0.29) is 17.4 Å². The number of amides is 1. The lowest BCUT2D eigenvalue weighted by Crippen LogP contribution is -2.37. The van der Waals surface area contributed by atoms with E-state index in [1.165, 1.54) is 12.1 Å². The Morgan fingerprint density at radius 1 is 1.42 bits per heavy atom. The van der Waals surface area contributed by atoms with Crippen LogP contribution in [0.15, 0.2) is 16.9 Å². The van der Waals surface area contributed by atoms with Gasteiger partial charge in [0, 0.05) is 25.7 Å². The van der Waals surface area contributed by atoms with E-state index >= 15 is 0 Å². The fraction of sp³-hybridized carbons (Fsp3) is 0.538. The van der Waals surface area contributed by atoms with Crippen molar-refractivity contribution in [1.29, 1.82) is 0 Å². The molecule has 0 bridgehead atoms. The van der Waals surface area contributed by atoms with Crippen LogP contribution in [0.3, 0.4) is 0 Å². The zero-order valence-electron chi connectivity index (χ0n) is 11.0. The molecule has 1 aliphatic heterocycles. The lowest BCUT2D eigenvalue weighted by atomic mass is 9.97. The molecule has 1 amide bonds. The summed E-state index contributed by atoms with van der Waals surface area (Å²) in [6, 6.07) is 2.49. The molecule has 0 radical (unpaired) electrons. The molecule has 0 saturated carbocycles. The molecule has 0 aliphatic carbocycles. The Balaban J connectivity index is 2.03. The predicted octanol–water partition coefficient (Wildman–Crippen LogP) is 0.152. The van der Waals surface area contributed by atoms with Gasteiger partial charge in [-0.25, -0.2) is 0 Å². The minimum atomic E-state index is -0.474. The summed E-state index contributed by atoms with van der Waals surface area (Å²) in [6.07, 6.45) is 2.11. The quantitative estimate of drug-likeness (QED) is 0.726. The van der Waals surface area contributed by atoms with Gasteiger partial charge in [-0.3, -0.25) is 14.6 Å². The number of H-pyrrole nitrogens is 1. The number of hydrogen-bond acceptors (Lipinski definition) is 4. The molecule has 3 N–H and O–H groups in total. The molecule has 1 aliphatic rings. The van der Waals surface area contributed by atoms with Crippen molar-refractivity contribution in [1.82, 2.24) is 15.2 Å². The van der Waals surface area contributed by atoms with Crippen molar-refractivity contribution in [2.75, 3.05) is 26.7 Å². The van der Waals surface area contributed by atoms with Crippen LogP contribution in [0.2, 0.25) is 0 Å². The fourth-order valence-electron chi connectivity index (χ4n) is 2.41. The molecule has 1 fully saturated rings. The largest absolute Gasteiger partial charge is 0.494 e. The highest BCUT2D eigenvalue weighted by atomic mass is 16.3. The van der Waals surface area contributed by atoms with Gasteiger partial charge in [-0.15, -0.1) is 0 Å². The first-order valence-electron chi connectivity index (χ1n) is 6.46. The lowest BCUT2D eigenvalue weighted by Gasteiger charge is -2.27. The van der Waals surface area contributed by atoms with E-state index in [2.05, 4.69) is 10.3 Å². The van der Waals surface area contributed by atoms with Crippen LogP contribution in [0, 0.1) is 5.92 Å². The van der Waals surface area contributed by atoms with Crippen LogP contribution in [0.25, 0.3) is 0 Å². The van der Waals surface area contributed by atoms with E-state index in [1.54, 1.807) is 11.9 Å². The molecule has 1 saturated heterocycles. The first kappa shape index (κ1) is 13.6. The standard InChI is InChI=1S/C13H19N3O3/c1-16(8-9-2-4-14-5-3-9)13(19)10-6-11(17)15-12(18)7-10/h6-7,9,14H,2-5,8H2,1H3,(H2,15,17,18).